The molecule has 1 saturated carbocycles. The molecule has 1 aliphatic carbocycles. The number of anilines is 1. The standard InChI is InChI=1S/C18H27N5O3/c1-12-8-9-15(19-10-12)21-16(24)11-23(3)13(2)17(25)22-18(26)20-14-6-4-5-7-14/h8-10,13-14H,4-7,11H2,1-3H3,(H,19,21,24)(H2,20,22,25,26). The van der Waals surface area contributed by atoms with Crippen LogP contribution in [0.3, 0.4) is 0 Å². The maximum atomic E-state index is 12.2. The van der Waals surface area contributed by atoms with Gasteiger partial charge in [0.25, 0.3) is 0 Å². The number of rotatable bonds is 6. The average Bonchev–Trinajstić information content (AvgIpc) is 3.08. The molecule has 0 aliphatic heterocycles. The second-order valence-corrected chi connectivity index (χ2v) is 6.80. The van der Waals surface area contributed by atoms with Crippen molar-refractivity contribution in [3.05, 3.63) is 23.9 Å². The molecule has 3 N–H and O–H groups in total. The van der Waals surface area contributed by atoms with E-state index in [-0.39, 0.29) is 18.5 Å². The normalized spacial score (nSPS) is 15.5. The third kappa shape index (κ3) is 6.11. The summed E-state index contributed by atoms with van der Waals surface area (Å²) >= 11 is 0. The van der Waals surface area contributed by atoms with Gasteiger partial charge in [0.05, 0.1) is 12.6 Å². The summed E-state index contributed by atoms with van der Waals surface area (Å²) in [6.45, 7) is 3.57. The van der Waals surface area contributed by atoms with Gasteiger partial charge in [0, 0.05) is 12.2 Å². The Morgan fingerprint density at radius 1 is 1.27 bits per heavy atom. The fourth-order valence-corrected chi connectivity index (χ4v) is 2.80. The molecule has 1 atom stereocenters. The summed E-state index contributed by atoms with van der Waals surface area (Å²) in [7, 11) is 1.65. The second kappa shape index (κ2) is 9.28. The molecule has 1 aromatic rings. The first-order valence-electron chi connectivity index (χ1n) is 8.89. The van der Waals surface area contributed by atoms with E-state index in [9.17, 15) is 14.4 Å². The zero-order valence-electron chi connectivity index (χ0n) is 15.5. The zero-order chi connectivity index (χ0) is 19.1. The molecule has 1 unspecified atom stereocenters. The van der Waals surface area contributed by atoms with Crippen molar-refractivity contribution in [3.8, 4) is 0 Å². The summed E-state index contributed by atoms with van der Waals surface area (Å²) in [6.07, 6.45) is 5.76. The predicted octanol–water partition coefficient (Wildman–Crippen LogP) is 1.42. The molecule has 8 nitrogen and oxygen atoms in total. The van der Waals surface area contributed by atoms with Crippen molar-refractivity contribution in [2.75, 3.05) is 18.9 Å². The monoisotopic (exact) mass is 361 g/mol. The minimum absolute atomic E-state index is 0.00832. The number of pyridine rings is 1. The highest BCUT2D eigenvalue weighted by Crippen LogP contribution is 2.17. The van der Waals surface area contributed by atoms with E-state index in [0.717, 1.165) is 31.2 Å². The Morgan fingerprint density at radius 3 is 2.58 bits per heavy atom. The van der Waals surface area contributed by atoms with Gasteiger partial charge < -0.3 is 10.6 Å². The van der Waals surface area contributed by atoms with E-state index < -0.39 is 18.0 Å². The number of urea groups is 1. The summed E-state index contributed by atoms with van der Waals surface area (Å²) in [5.41, 5.74) is 1.00. The summed E-state index contributed by atoms with van der Waals surface area (Å²) in [6, 6.07) is 2.61. The van der Waals surface area contributed by atoms with Crippen LogP contribution < -0.4 is 16.0 Å². The molecular formula is C18H27N5O3. The van der Waals surface area contributed by atoms with Gasteiger partial charge in [0.2, 0.25) is 11.8 Å². The average molecular weight is 361 g/mol. The highest BCUT2D eigenvalue weighted by molar-refractivity contribution is 5.97. The maximum Gasteiger partial charge on any atom is 0.321 e. The highest BCUT2D eigenvalue weighted by Gasteiger charge is 2.23. The SMILES string of the molecule is Cc1ccc(NC(=O)CN(C)C(C)C(=O)NC(=O)NC2CCCC2)nc1. The van der Waals surface area contributed by atoms with Crippen molar-refractivity contribution in [2.24, 2.45) is 0 Å². The number of likely N-dealkylation sites (N-methyl/N-ethyl adjacent to an activating group) is 1. The molecule has 26 heavy (non-hydrogen) atoms. The van der Waals surface area contributed by atoms with Crippen molar-refractivity contribution in [2.45, 2.75) is 51.6 Å². The van der Waals surface area contributed by atoms with Gasteiger partial charge in [-0.25, -0.2) is 9.78 Å². The molecule has 0 spiro atoms. The number of aromatic nitrogens is 1. The van der Waals surface area contributed by atoms with Crippen molar-refractivity contribution in [1.29, 1.82) is 0 Å². The van der Waals surface area contributed by atoms with E-state index in [1.807, 2.05) is 13.0 Å². The molecule has 0 radical (unpaired) electrons. The van der Waals surface area contributed by atoms with Gasteiger partial charge in [0.15, 0.2) is 0 Å². The Bertz CT molecular complexity index is 641. The van der Waals surface area contributed by atoms with Crippen molar-refractivity contribution in [3.63, 3.8) is 0 Å². The molecule has 1 heterocycles. The van der Waals surface area contributed by atoms with Crippen LogP contribution in [0.5, 0.6) is 0 Å². The molecular weight excluding hydrogens is 334 g/mol. The lowest BCUT2D eigenvalue weighted by Crippen LogP contribution is -2.51. The molecule has 2 rings (SSSR count). The lowest BCUT2D eigenvalue weighted by molar-refractivity contribution is -0.125. The van der Waals surface area contributed by atoms with Crippen molar-refractivity contribution < 1.29 is 14.4 Å². The number of aryl methyl sites for hydroxylation is 1. The molecule has 0 saturated heterocycles. The quantitative estimate of drug-likeness (QED) is 0.711. The van der Waals surface area contributed by atoms with Crippen molar-refractivity contribution in [1.82, 2.24) is 20.5 Å². The van der Waals surface area contributed by atoms with Gasteiger partial charge >= 0.3 is 6.03 Å². The van der Waals surface area contributed by atoms with Gasteiger partial charge in [-0.1, -0.05) is 18.9 Å². The van der Waals surface area contributed by atoms with Gasteiger partial charge in [-0.2, -0.15) is 0 Å². The van der Waals surface area contributed by atoms with Crippen LogP contribution in [0, 0.1) is 6.92 Å². The lowest BCUT2D eigenvalue weighted by atomic mass is 10.2. The smallest absolute Gasteiger partial charge is 0.321 e. The fraction of sp³-hybridized carbons (Fsp3) is 0.556. The van der Waals surface area contributed by atoms with Crippen molar-refractivity contribution >= 4 is 23.7 Å². The first kappa shape index (κ1) is 19.8. The van der Waals surface area contributed by atoms with Gasteiger partial charge in [-0.3, -0.25) is 19.8 Å². The van der Waals surface area contributed by atoms with Crippen LogP contribution in [0.15, 0.2) is 18.3 Å². The molecule has 8 heteroatoms. The van der Waals surface area contributed by atoms with E-state index in [1.165, 1.54) is 0 Å². The van der Waals surface area contributed by atoms with Gasteiger partial charge in [-0.05, 0) is 45.4 Å². The Morgan fingerprint density at radius 2 is 1.96 bits per heavy atom. The van der Waals surface area contributed by atoms with E-state index >= 15 is 0 Å². The Balaban J connectivity index is 1.76. The van der Waals surface area contributed by atoms with E-state index in [0.29, 0.717) is 5.82 Å². The summed E-state index contributed by atoms with van der Waals surface area (Å²) in [5.74, 6) is -0.259. The molecule has 0 bridgehead atoms. The first-order chi connectivity index (χ1) is 12.3. The van der Waals surface area contributed by atoms with Crippen LogP contribution in [0.2, 0.25) is 0 Å². The van der Waals surface area contributed by atoms with Crippen LogP contribution >= 0.6 is 0 Å². The Hall–Kier alpha value is -2.48. The molecule has 1 fully saturated rings. The van der Waals surface area contributed by atoms with Crippen LogP contribution in [-0.4, -0.2) is 53.4 Å². The number of nitrogens with zero attached hydrogens (tertiary/aromatic N) is 2. The predicted molar refractivity (Wildman–Crippen MR) is 98.6 cm³/mol. The third-order valence-electron chi connectivity index (χ3n) is 4.54. The summed E-state index contributed by atoms with van der Waals surface area (Å²) in [4.78, 5) is 41.8. The van der Waals surface area contributed by atoms with E-state index in [2.05, 4.69) is 20.9 Å². The number of carbonyl (C=O) groups is 3. The van der Waals surface area contributed by atoms with Gasteiger partial charge in [-0.15, -0.1) is 0 Å². The number of amides is 4. The summed E-state index contributed by atoms with van der Waals surface area (Å²) in [5, 5.41) is 7.83. The van der Waals surface area contributed by atoms with E-state index in [1.54, 1.807) is 31.1 Å². The third-order valence-corrected chi connectivity index (χ3v) is 4.54. The highest BCUT2D eigenvalue weighted by atomic mass is 16.2. The fourth-order valence-electron chi connectivity index (χ4n) is 2.80. The lowest BCUT2D eigenvalue weighted by Gasteiger charge is -2.23. The van der Waals surface area contributed by atoms with Crippen LogP contribution in [0.25, 0.3) is 0 Å². The summed E-state index contributed by atoms with van der Waals surface area (Å²) < 4.78 is 0. The molecule has 1 aliphatic rings. The Kier molecular flexibility index (Phi) is 7.08. The van der Waals surface area contributed by atoms with Crippen LogP contribution in [-0.2, 0) is 9.59 Å². The van der Waals surface area contributed by atoms with Gasteiger partial charge in [0.1, 0.15) is 5.82 Å². The number of hydrogen-bond donors (Lipinski definition) is 3. The maximum absolute atomic E-state index is 12.2. The number of imide groups is 1. The minimum atomic E-state index is -0.624. The molecule has 142 valence electrons. The number of carbonyl (C=O) groups excluding carboxylic acids is 3. The minimum Gasteiger partial charge on any atom is -0.335 e. The molecule has 4 amide bonds. The van der Waals surface area contributed by atoms with E-state index in [4.69, 9.17) is 0 Å². The molecule has 1 aromatic heterocycles. The number of nitrogens with one attached hydrogen (secondary N) is 3. The zero-order valence-corrected chi connectivity index (χ0v) is 15.5. The second-order valence-electron chi connectivity index (χ2n) is 6.80. The molecule has 0 aromatic carbocycles. The van der Waals surface area contributed by atoms with Crippen LogP contribution in [0.4, 0.5) is 10.6 Å². The topological polar surface area (TPSA) is 103 Å². The Labute approximate surface area is 153 Å². The largest absolute Gasteiger partial charge is 0.335 e. The number of hydrogen-bond acceptors (Lipinski definition) is 5. The van der Waals surface area contributed by atoms with Crippen LogP contribution in [0.1, 0.15) is 38.2 Å². The first-order valence-corrected chi connectivity index (χ1v) is 8.89.